The van der Waals surface area contributed by atoms with Gasteiger partial charge < -0.3 is 14.8 Å². The molecule has 0 saturated heterocycles. The van der Waals surface area contributed by atoms with Gasteiger partial charge in [-0.25, -0.2) is 26.9 Å². The van der Waals surface area contributed by atoms with Gasteiger partial charge in [0.25, 0.3) is 0 Å². The highest BCUT2D eigenvalue weighted by molar-refractivity contribution is 7.94. The van der Waals surface area contributed by atoms with Crippen LogP contribution >= 0.6 is 0 Å². The van der Waals surface area contributed by atoms with Gasteiger partial charge in [-0.2, -0.15) is 9.49 Å². The number of ether oxygens (including phenoxy) is 1. The number of rotatable bonds is 4. The minimum atomic E-state index is -3.88. The summed E-state index contributed by atoms with van der Waals surface area (Å²) in [4.78, 5) is 19.1. The normalized spacial score (nSPS) is 20.1. The molecule has 13 heteroatoms. The highest BCUT2D eigenvalue weighted by atomic mass is 32.2. The van der Waals surface area contributed by atoms with E-state index < -0.39 is 55.8 Å². The first kappa shape index (κ1) is 35.9. The molecule has 2 aromatic heterocycles. The summed E-state index contributed by atoms with van der Waals surface area (Å²) >= 11 is 0. The summed E-state index contributed by atoms with van der Waals surface area (Å²) < 4.78 is 80.9. The summed E-state index contributed by atoms with van der Waals surface area (Å²) in [6, 6.07) is 12.7. The van der Waals surface area contributed by atoms with Gasteiger partial charge in [-0.3, -0.25) is 4.79 Å². The number of carbonyl (C=O) groups is 1. The predicted octanol–water partition coefficient (Wildman–Crippen LogP) is 8.34. The summed E-state index contributed by atoms with van der Waals surface area (Å²) in [7, 11) is -2.26. The highest BCUT2D eigenvalue weighted by Gasteiger charge is 2.36. The first-order valence-corrected chi connectivity index (χ1v) is 18.3. The zero-order chi connectivity index (χ0) is 36.9. The molecule has 0 unspecified atom stereocenters. The van der Waals surface area contributed by atoms with Crippen molar-refractivity contribution in [3.05, 3.63) is 100 Å². The lowest BCUT2D eigenvalue weighted by atomic mass is 9.75. The third kappa shape index (κ3) is 7.17. The second kappa shape index (κ2) is 13.3. The number of aryl methyl sites for hydroxylation is 1. The van der Waals surface area contributed by atoms with E-state index in [1.165, 1.54) is 35.2 Å². The molecule has 1 aliphatic heterocycles. The Morgan fingerprint density at radius 1 is 1.08 bits per heavy atom. The summed E-state index contributed by atoms with van der Waals surface area (Å²) in [5.41, 5.74) is -0.0924. The minimum Gasteiger partial charge on any atom is -0.481 e. The van der Waals surface area contributed by atoms with Crippen molar-refractivity contribution in [3.63, 3.8) is 0 Å². The van der Waals surface area contributed by atoms with E-state index in [0.717, 1.165) is 22.6 Å². The maximum Gasteiger partial charge on any atom is 0.306 e. The molecule has 2 N–H and O–H groups in total. The summed E-state index contributed by atoms with van der Waals surface area (Å²) in [5.74, 6) is -5.04. The zero-order valence-electron chi connectivity index (χ0n) is 28.9. The maximum absolute atomic E-state index is 15.7. The Kier molecular flexibility index (Phi) is 9.38. The van der Waals surface area contributed by atoms with Gasteiger partial charge in [-0.05, 0) is 73.1 Å². The monoisotopic (exact) mass is 720 g/mol. The van der Waals surface area contributed by atoms with Crippen LogP contribution in [0.2, 0.25) is 0 Å². The van der Waals surface area contributed by atoms with Crippen LogP contribution in [-0.4, -0.2) is 45.0 Å². The molecule has 0 saturated carbocycles. The topological polar surface area (TPSA) is 127 Å². The Hall–Kier alpha value is -4.91. The molecule has 1 aliphatic rings. The number of benzene rings is 3. The van der Waals surface area contributed by atoms with Crippen LogP contribution in [-0.2, 0) is 33.5 Å². The van der Waals surface area contributed by atoms with Crippen molar-refractivity contribution >= 4 is 32.8 Å². The lowest BCUT2D eigenvalue weighted by molar-refractivity contribution is -0.141. The third-order valence-corrected chi connectivity index (χ3v) is 11.4. The van der Waals surface area contributed by atoms with Crippen LogP contribution in [0.3, 0.4) is 0 Å². The fourth-order valence-corrected chi connectivity index (χ4v) is 8.50. The van der Waals surface area contributed by atoms with Crippen molar-refractivity contribution in [2.45, 2.75) is 58.8 Å². The van der Waals surface area contributed by atoms with E-state index in [4.69, 9.17) is 14.8 Å². The number of aromatic amines is 1. The van der Waals surface area contributed by atoms with Gasteiger partial charge in [0.05, 0.1) is 28.2 Å². The van der Waals surface area contributed by atoms with Gasteiger partial charge >= 0.3 is 5.97 Å². The number of nitrogens with one attached hydrogen (secondary N) is 1. The fraction of sp³-hybridized carbons (Fsp3) is 0.342. The van der Waals surface area contributed by atoms with Crippen LogP contribution in [0, 0.1) is 28.8 Å². The van der Waals surface area contributed by atoms with Crippen molar-refractivity contribution in [1.82, 2.24) is 19.7 Å². The third-order valence-electron chi connectivity index (χ3n) is 9.64. The second-order valence-corrected chi connectivity index (χ2v) is 16.3. The van der Waals surface area contributed by atoms with Gasteiger partial charge in [0.1, 0.15) is 11.6 Å². The smallest absolute Gasteiger partial charge is 0.306 e. The number of carboxylic acids is 1. The van der Waals surface area contributed by atoms with Gasteiger partial charge in [0.15, 0.2) is 33.1 Å². The Balaban J connectivity index is 1.53. The second-order valence-electron chi connectivity index (χ2n) is 14.4. The van der Waals surface area contributed by atoms with Crippen molar-refractivity contribution in [2.75, 3.05) is 5.75 Å². The molecule has 5 aromatic rings. The van der Waals surface area contributed by atoms with Crippen molar-refractivity contribution < 1.29 is 36.2 Å². The fourth-order valence-electron chi connectivity index (χ4n) is 6.83. The molecule has 3 aromatic carbocycles. The number of hydrogen-bond donors (Lipinski definition) is 2. The Morgan fingerprint density at radius 2 is 1.84 bits per heavy atom. The van der Waals surface area contributed by atoms with Crippen LogP contribution in [0.15, 0.2) is 60.1 Å². The number of fused-ring (bicyclic) bond motifs is 8. The van der Waals surface area contributed by atoms with Gasteiger partial charge in [-0.15, -0.1) is 0 Å². The molecule has 0 spiro atoms. The Labute approximate surface area is 294 Å². The van der Waals surface area contributed by atoms with Crippen LogP contribution in [0.4, 0.5) is 13.2 Å². The number of sulfone groups is 1. The van der Waals surface area contributed by atoms with Crippen molar-refractivity contribution in [1.29, 1.82) is 0 Å². The number of aromatic nitrogens is 4. The molecule has 0 aliphatic carbocycles. The van der Waals surface area contributed by atoms with Crippen LogP contribution < -0.4 is 4.74 Å². The molecule has 6 rings (SSSR count). The van der Waals surface area contributed by atoms with Crippen molar-refractivity contribution in [3.8, 4) is 22.9 Å². The molecule has 0 amide bonds. The van der Waals surface area contributed by atoms with Crippen LogP contribution in [0.5, 0.6) is 11.5 Å². The molecule has 9 nitrogen and oxygen atoms in total. The molecule has 4 bridgehead atoms. The van der Waals surface area contributed by atoms with Crippen molar-refractivity contribution in [2.24, 2.45) is 18.4 Å². The molecule has 268 valence electrons. The lowest BCUT2D eigenvalue weighted by Crippen LogP contribution is -2.28. The van der Waals surface area contributed by atoms with Gasteiger partial charge in [-0.1, -0.05) is 51.5 Å². The first-order chi connectivity index (χ1) is 24.0. The number of aliphatic carboxylic acids is 1. The lowest BCUT2D eigenvalue weighted by Gasteiger charge is -2.30. The zero-order valence-corrected chi connectivity index (χ0v) is 29.7. The molecule has 2 atom stereocenters. The van der Waals surface area contributed by atoms with E-state index in [2.05, 4.69) is 4.98 Å². The van der Waals surface area contributed by atoms with Gasteiger partial charge in [0, 0.05) is 29.6 Å². The number of hydrogen-bond acceptors (Lipinski definition) is 6. The highest BCUT2D eigenvalue weighted by Crippen LogP contribution is 2.41. The summed E-state index contributed by atoms with van der Waals surface area (Å²) in [6.07, 6.45) is 4.46. The van der Waals surface area contributed by atoms with E-state index in [0.29, 0.717) is 31.5 Å². The number of halogens is 3. The maximum atomic E-state index is 15.7. The molecule has 3 heterocycles. The van der Waals surface area contributed by atoms with Gasteiger partial charge in [0.2, 0.25) is 5.82 Å². The average molecular weight is 721 g/mol. The Bertz CT molecular complexity index is 2300. The number of carboxylic acid groups (broad SMARTS) is 1. The molecular weight excluding hydrogens is 682 g/mol. The summed E-state index contributed by atoms with van der Waals surface area (Å²) in [6.45, 7) is 7.31. The van der Waals surface area contributed by atoms with E-state index in [1.807, 2.05) is 45.0 Å². The van der Waals surface area contributed by atoms with Crippen LogP contribution in [0.1, 0.15) is 69.5 Å². The molecule has 51 heavy (non-hydrogen) atoms. The van der Waals surface area contributed by atoms with E-state index in [-0.39, 0.29) is 39.4 Å². The van der Waals surface area contributed by atoms with E-state index in [1.54, 1.807) is 14.0 Å². The first-order valence-electron chi connectivity index (χ1n) is 16.6. The predicted molar refractivity (Wildman–Crippen MR) is 189 cm³/mol. The molecule has 0 fully saturated rings. The minimum absolute atomic E-state index is 0.00443. The average Bonchev–Trinajstić information content (AvgIpc) is 3.70. The SMILES string of the molecule is C[C@H](Cc1cccc([C@@]2(C)CCCC(C)(C)CS(=O)(=O)/C=C/c3c(c(F)c(F)c4[nH]ccc34)Oc3ccc(F)c(c3)-c3nc2nn3C)c1)C(=O)O. The quantitative estimate of drug-likeness (QED) is 0.191. The number of nitrogens with zero attached hydrogens (tertiary/aromatic N) is 3. The summed E-state index contributed by atoms with van der Waals surface area (Å²) in [5, 5.41) is 15.5. The molecular formula is C38H39F3N4O5S. The van der Waals surface area contributed by atoms with E-state index >= 15 is 13.2 Å². The Morgan fingerprint density at radius 3 is 2.59 bits per heavy atom. The molecule has 0 radical (unpaired) electrons. The van der Waals surface area contributed by atoms with Crippen LogP contribution in [0.25, 0.3) is 28.4 Å². The van der Waals surface area contributed by atoms with E-state index in [9.17, 15) is 18.3 Å². The standard InChI is InChI=1S/C38H39F3N4O5S/c1-22(35(46)47)18-23-8-6-9-24(19-23)38(4)15-7-14-37(2,3)21-51(48,49)17-13-27-26-12-16-42-32(26)30(40)31(41)33(27)50-25-10-11-29(39)28(20-25)34-43-36(38)44-45(34)5/h6,8-13,16-17,19-20,22,42H,7,14-15,18,21H2,1-5H3,(H,46,47)/b17-13+/t22-,38-/m1/s1. The largest absolute Gasteiger partial charge is 0.481 e. The number of H-pyrrole nitrogens is 1.